The summed E-state index contributed by atoms with van der Waals surface area (Å²) in [5, 5.41) is 0. The normalized spacial score (nSPS) is 19.9. The molecule has 0 aliphatic carbocycles. The van der Waals surface area contributed by atoms with Crippen LogP contribution in [0.25, 0.3) is 0 Å². The van der Waals surface area contributed by atoms with Crippen LogP contribution in [-0.2, 0) is 18.3 Å². The largest absolute Gasteiger partial charge is 0.395 e. The minimum absolute atomic E-state index is 0.151. The van der Waals surface area contributed by atoms with E-state index in [2.05, 4.69) is 20.8 Å². The van der Waals surface area contributed by atoms with Gasteiger partial charge in [-0.3, -0.25) is 0 Å². The molecule has 2 unspecified atom stereocenters. The topological polar surface area (TPSA) is 40.2 Å². The van der Waals surface area contributed by atoms with Crippen molar-refractivity contribution in [2.75, 3.05) is 26.4 Å². The van der Waals surface area contributed by atoms with Gasteiger partial charge in [-0.25, -0.2) is 0 Å². The van der Waals surface area contributed by atoms with Crippen LogP contribution in [0.2, 0.25) is 0 Å². The van der Waals surface area contributed by atoms with Crippen molar-refractivity contribution in [1.82, 2.24) is 0 Å². The summed E-state index contributed by atoms with van der Waals surface area (Å²) in [6, 6.07) is 0. The number of hydrogen-bond donors (Lipinski definition) is 0. The van der Waals surface area contributed by atoms with Gasteiger partial charge >= 0.3 is 9.28 Å². The molecule has 1 heterocycles. The summed E-state index contributed by atoms with van der Waals surface area (Å²) in [6.45, 7) is 9.64. The van der Waals surface area contributed by atoms with Gasteiger partial charge in [0, 0.05) is 13.2 Å². The summed E-state index contributed by atoms with van der Waals surface area (Å²) < 4.78 is 23.1. The van der Waals surface area contributed by atoms with E-state index in [0.29, 0.717) is 12.7 Å². The van der Waals surface area contributed by atoms with Crippen LogP contribution in [-0.4, -0.2) is 47.5 Å². The van der Waals surface area contributed by atoms with Crippen LogP contribution in [0.3, 0.4) is 0 Å². The molecule has 2 atom stereocenters. The average molecular weight is 290 g/mol. The van der Waals surface area contributed by atoms with E-state index < -0.39 is 9.28 Å². The van der Waals surface area contributed by atoms with Crippen LogP contribution in [0.5, 0.6) is 0 Å². The first kappa shape index (κ1) is 17.1. The van der Waals surface area contributed by atoms with Crippen molar-refractivity contribution in [2.24, 2.45) is 0 Å². The monoisotopic (exact) mass is 290 g/mol. The van der Waals surface area contributed by atoms with Gasteiger partial charge in [0.2, 0.25) is 0 Å². The Morgan fingerprint density at radius 2 is 1.68 bits per heavy atom. The quantitative estimate of drug-likeness (QED) is 0.297. The zero-order valence-corrected chi connectivity index (χ0v) is 13.9. The van der Waals surface area contributed by atoms with Crippen LogP contribution < -0.4 is 0 Å². The van der Waals surface area contributed by atoms with E-state index >= 15 is 0 Å². The highest BCUT2D eigenvalue weighted by Gasteiger charge is 2.30. The first-order valence-corrected chi connectivity index (χ1v) is 9.39. The lowest BCUT2D eigenvalue weighted by molar-refractivity contribution is 0.0469. The lowest BCUT2D eigenvalue weighted by atomic mass is 10.4. The molecule has 0 saturated carbocycles. The second-order valence-electron chi connectivity index (χ2n) is 5.05. The first-order valence-electron chi connectivity index (χ1n) is 7.78. The van der Waals surface area contributed by atoms with Gasteiger partial charge in [0.1, 0.15) is 6.10 Å². The van der Waals surface area contributed by atoms with Crippen molar-refractivity contribution in [3.8, 4) is 0 Å². The van der Waals surface area contributed by atoms with Crippen LogP contribution in [0.4, 0.5) is 0 Å². The van der Waals surface area contributed by atoms with Gasteiger partial charge < -0.3 is 18.3 Å². The maximum atomic E-state index is 5.99. The number of hydrogen-bond acceptors (Lipinski definition) is 4. The van der Waals surface area contributed by atoms with Gasteiger partial charge in [-0.2, -0.15) is 0 Å². The SMILES string of the molecule is CCCCO[SiH](OCCCC)C(CC)OCC1CO1. The summed E-state index contributed by atoms with van der Waals surface area (Å²) in [6.07, 6.45) is 5.79. The molecule has 0 spiro atoms. The van der Waals surface area contributed by atoms with Crippen LogP contribution in [0.1, 0.15) is 52.9 Å². The smallest absolute Gasteiger partial charge is 0.351 e. The van der Waals surface area contributed by atoms with Gasteiger partial charge in [-0.05, 0) is 19.3 Å². The lowest BCUT2D eigenvalue weighted by Gasteiger charge is -2.24. The fourth-order valence-electron chi connectivity index (χ4n) is 1.73. The Balaban J connectivity index is 2.31. The predicted octanol–water partition coefficient (Wildman–Crippen LogP) is 2.57. The van der Waals surface area contributed by atoms with Crippen molar-refractivity contribution in [1.29, 1.82) is 0 Å². The van der Waals surface area contributed by atoms with E-state index in [0.717, 1.165) is 51.9 Å². The number of rotatable bonds is 13. The highest BCUT2D eigenvalue weighted by atomic mass is 28.3. The van der Waals surface area contributed by atoms with Crippen LogP contribution >= 0.6 is 0 Å². The summed E-state index contributed by atoms with van der Waals surface area (Å²) in [5.41, 5.74) is 0.151. The van der Waals surface area contributed by atoms with Gasteiger partial charge in [-0.1, -0.05) is 33.6 Å². The highest BCUT2D eigenvalue weighted by Crippen LogP contribution is 2.14. The maximum Gasteiger partial charge on any atom is 0.351 e. The minimum Gasteiger partial charge on any atom is -0.395 e. The third-order valence-corrected chi connectivity index (χ3v) is 5.56. The maximum absolute atomic E-state index is 5.99. The molecular weight excluding hydrogens is 260 g/mol. The summed E-state index contributed by atoms with van der Waals surface area (Å²) in [5.74, 6) is 0. The Hall–Kier alpha value is 0.0569. The molecule has 1 fully saturated rings. The molecule has 19 heavy (non-hydrogen) atoms. The Kier molecular flexibility index (Phi) is 9.72. The third kappa shape index (κ3) is 8.04. The van der Waals surface area contributed by atoms with Gasteiger partial charge in [-0.15, -0.1) is 0 Å². The van der Waals surface area contributed by atoms with Crippen molar-refractivity contribution in [3.05, 3.63) is 0 Å². The zero-order valence-electron chi connectivity index (χ0n) is 12.7. The Labute approximate surface area is 119 Å². The predicted molar refractivity (Wildman–Crippen MR) is 78.6 cm³/mol. The fraction of sp³-hybridized carbons (Fsp3) is 1.00. The molecule has 0 amide bonds. The Morgan fingerprint density at radius 1 is 1.11 bits per heavy atom. The average Bonchev–Trinajstić information content (AvgIpc) is 3.23. The van der Waals surface area contributed by atoms with Crippen molar-refractivity contribution < 1.29 is 18.3 Å². The molecule has 1 aliphatic rings. The molecular formula is C14H30O4Si. The summed E-state index contributed by atoms with van der Waals surface area (Å²) in [7, 11) is -1.72. The molecule has 1 saturated heterocycles. The number of epoxide rings is 1. The molecule has 1 rings (SSSR count). The highest BCUT2D eigenvalue weighted by molar-refractivity contribution is 6.46. The number of unbranched alkanes of at least 4 members (excludes halogenated alkanes) is 2. The molecule has 5 heteroatoms. The van der Waals surface area contributed by atoms with E-state index in [1.807, 2.05) is 0 Å². The molecule has 0 aromatic carbocycles. The van der Waals surface area contributed by atoms with Gasteiger partial charge in [0.15, 0.2) is 0 Å². The summed E-state index contributed by atoms with van der Waals surface area (Å²) in [4.78, 5) is 0. The molecule has 114 valence electrons. The van der Waals surface area contributed by atoms with Crippen LogP contribution in [0, 0.1) is 0 Å². The second-order valence-corrected chi connectivity index (χ2v) is 7.20. The molecule has 1 aliphatic heterocycles. The van der Waals surface area contributed by atoms with E-state index in [1.165, 1.54) is 0 Å². The molecule has 0 aromatic heterocycles. The van der Waals surface area contributed by atoms with Gasteiger partial charge in [0.25, 0.3) is 0 Å². The van der Waals surface area contributed by atoms with Gasteiger partial charge in [0.05, 0.1) is 18.9 Å². The van der Waals surface area contributed by atoms with Crippen molar-refractivity contribution in [2.45, 2.75) is 64.7 Å². The second kappa shape index (κ2) is 10.8. The standard InChI is InChI=1S/C14H30O4Si/c1-4-7-9-17-19(18-10-8-5-2)14(6-3)16-12-13-11-15-13/h13-14,19H,4-12H2,1-3H3. The molecule has 4 nitrogen and oxygen atoms in total. The minimum atomic E-state index is -1.72. The Bertz CT molecular complexity index is 202. The van der Waals surface area contributed by atoms with E-state index in [9.17, 15) is 0 Å². The van der Waals surface area contributed by atoms with Crippen molar-refractivity contribution in [3.63, 3.8) is 0 Å². The Morgan fingerprint density at radius 3 is 2.11 bits per heavy atom. The summed E-state index contributed by atoms with van der Waals surface area (Å²) >= 11 is 0. The lowest BCUT2D eigenvalue weighted by Crippen LogP contribution is -2.40. The molecule has 0 bridgehead atoms. The van der Waals surface area contributed by atoms with Crippen LogP contribution in [0.15, 0.2) is 0 Å². The number of ether oxygens (including phenoxy) is 2. The van der Waals surface area contributed by atoms with Crippen molar-refractivity contribution >= 4 is 9.28 Å². The molecule has 0 aromatic rings. The van der Waals surface area contributed by atoms with E-state index in [-0.39, 0.29) is 5.73 Å². The van der Waals surface area contributed by atoms with E-state index in [1.54, 1.807) is 0 Å². The third-order valence-electron chi connectivity index (χ3n) is 3.16. The first-order chi connectivity index (χ1) is 9.31. The zero-order chi connectivity index (χ0) is 13.9. The molecule has 0 N–H and O–H groups in total. The fourth-order valence-corrected chi connectivity index (χ4v) is 3.71. The van der Waals surface area contributed by atoms with E-state index in [4.69, 9.17) is 18.3 Å². The molecule has 0 radical (unpaired) electrons.